The number of carbonyl (C=O) groups is 1. The summed E-state index contributed by atoms with van der Waals surface area (Å²) >= 11 is 0. The quantitative estimate of drug-likeness (QED) is 0.717. The van der Waals surface area contributed by atoms with Crippen LogP contribution >= 0.6 is 0 Å². The highest BCUT2D eigenvalue weighted by Gasteiger charge is 2.27. The monoisotopic (exact) mass is 375 g/mol. The summed E-state index contributed by atoms with van der Waals surface area (Å²) in [4.78, 5) is 20.8. The van der Waals surface area contributed by atoms with Crippen LogP contribution in [0.25, 0.3) is 11.1 Å². The summed E-state index contributed by atoms with van der Waals surface area (Å²) in [6.45, 7) is 0.408. The van der Waals surface area contributed by atoms with Gasteiger partial charge in [-0.2, -0.15) is 0 Å². The van der Waals surface area contributed by atoms with Gasteiger partial charge >= 0.3 is 0 Å². The molecular weight excluding hydrogens is 354 g/mol. The Morgan fingerprint density at radius 2 is 1.96 bits per heavy atom. The van der Waals surface area contributed by atoms with Crippen LogP contribution in [0.15, 0.2) is 67.3 Å². The van der Waals surface area contributed by atoms with Gasteiger partial charge < -0.3 is 14.8 Å². The fourth-order valence-electron chi connectivity index (χ4n) is 3.45. The van der Waals surface area contributed by atoms with Gasteiger partial charge in [-0.3, -0.25) is 4.79 Å². The molecule has 0 radical (unpaired) electrons. The predicted molar refractivity (Wildman–Crippen MR) is 105 cm³/mol. The lowest BCUT2D eigenvalue weighted by molar-refractivity contribution is -0.131. The Morgan fingerprint density at radius 3 is 2.71 bits per heavy atom. The van der Waals surface area contributed by atoms with Crippen molar-refractivity contribution in [3.8, 4) is 16.9 Å². The first-order valence-electron chi connectivity index (χ1n) is 9.15. The number of methoxy groups -OCH3 is 1. The zero-order chi connectivity index (χ0) is 19.3. The number of aromatic nitrogens is 2. The van der Waals surface area contributed by atoms with Crippen molar-refractivity contribution in [1.82, 2.24) is 15.3 Å². The van der Waals surface area contributed by atoms with E-state index in [1.807, 2.05) is 48.5 Å². The third-order valence-electron chi connectivity index (χ3n) is 4.78. The first-order valence-corrected chi connectivity index (χ1v) is 9.15. The minimum absolute atomic E-state index is 0.127. The average molecular weight is 375 g/mol. The molecule has 1 aliphatic heterocycles. The van der Waals surface area contributed by atoms with E-state index in [-0.39, 0.29) is 12.0 Å². The molecule has 1 N–H and O–H groups in total. The van der Waals surface area contributed by atoms with Crippen molar-refractivity contribution in [3.63, 3.8) is 0 Å². The van der Waals surface area contributed by atoms with Gasteiger partial charge in [0.05, 0.1) is 6.54 Å². The second-order valence-corrected chi connectivity index (χ2v) is 6.64. The largest absolute Gasteiger partial charge is 0.487 e. The summed E-state index contributed by atoms with van der Waals surface area (Å²) in [5.74, 6) is 0.660. The summed E-state index contributed by atoms with van der Waals surface area (Å²) in [6, 6.07) is 15.5. The van der Waals surface area contributed by atoms with Gasteiger partial charge in [0.25, 0.3) is 5.91 Å². The molecule has 0 aliphatic carbocycles. The van der Waals surface area contributed by atoms with Crippen LogP contribution in [0.2, 0.25) is 0 Å². The third kappa shape index (κ3) is 3.73. The Hall–Kier alpha value is -3.25. The lowest BCUT2D eigenvalue weighted by Crippen LogP contribution is -2.37. The van der Waals surface area contributed by atoms with Crippen molar-refractivity contribution < 1.29 is 14.3 Å². The standard InChI is InChI=1S/C22H21N3O3/c1-27-21(15-6-3-2-4-7-15)22(26)25-13-18-10-16-8-5-9-19(20(16)28-18)17-11-23-14-24-12-17/h2-9,11-12,14,18,21H,10,13H2,1H3,(H,25,26)/t18-,21-/m0/s1. The van der Waals surface area contributed by atoms with E-state index >= 15 is 0 Å². The summed E-state index contributed by atoms with van der Waals surface area (Å²) in [5, 5.41) is 2.95. The highest BCUT2D eigenvalue weighted by atomic mass is 16.5. The Bertz CT molecular complexity index is 948. The van der Waals surface area contributed by atoms with Gasteiger partial charge in [0.15, 0.2) is 6.10 Å². The van der Waals surface area contributed by atoms with Gasteiger partial charge in [0.2, 0.25) is 0 Å². The van der Waals surface area contributed by atoms with Crippen molar-refractivity contribution in [2.24, 2.45) is 0 Å². The normalized spacial score (nSPS) is 16.1. The average Bonchev–Trinajstić information content (AvgIpc) is 3.17. The number of nitrogens with one attached hydrogen (secondary N) is 1. The van der Waals surface area contributed by atoms with Gasteiger partial charge in [0, 0.05) is 37.1 Å². The van der Waals surface area contributed by atoms with E-state index in [1.165, 1.54) is 13.4 Å². The minimum atomic E-state index is -0.637. The maximum absolute atomic E-state index is 12.6. The number of fused-ring (bicyclic) bond motifs is 1. The zero-order valence-electron chi connectivity index (χ0n) is 15.5. The molecule has 0 fully saturated rings. The number of para-hydroxylation sites is 1. The lowest BCUT2D eigenvalue weighted by Gasteiger charge is -2.18. The van der Waals surface area contributed by atoms with Crippen LogP contribution in [0.1, 0.15) is 17.2 Å². The number of rotatable bonds is 6. The smallest absolute Gasteiger partial charge is 0.253 e. The maximum atomic E-state index is 12.6. The number of hydrogen-bond donors (Lipinski definition) is 1. The Balaban J connectivity index is 1.42. The molecule has 3 aromatic rings. The molecule has 0 spiro atoms. The SMILES string of the molecule is CO[C@H](C(=O)NC[C@@H]1Cc2cccc(-c3cncnc3)c2O1)c1ccccc1. The van der Waals surface area contributed by atoms with E-state index in [1.54, 1.807) is 12.4 Å². The Labute approximate surface area is 163 Å². The Morgan fingerprint density at radius 1 is 1.18 bits per heavy atom. The van der Waals surface area contributed by atoms with Gasteiger partial charge in [-0.25, -0.2) is 9.97 Å². The van der Waals surface area contributed by atoms with Crippen LogP contribution in [0.3, 0.4) is 0 Å². The second-order valence-electron chi connectivity index (χ2n) is 6.64. The van der Waals surface area contributed by atoms with Crippen molar-refractivity contribution >= 4 is 5.91 Å². The van der Waals surface area contributed by atoms with Gasteiger partial charge in [0.1, 0.15) is 18.2 Å². The van der Waals surface area contributed by atoms with E-state index in [9.17, 15) is 4.79 Å². The van der Waals surface area contributed by atoms with Crippen molar-refractivity contribution in [1.29, 1.82) is 0 Å². The molecule has 0 saturated heterocycles. The second kappa shape index (κ2) is 8.19. The number of carbonyl (C=O) groups excluding carboxylic acids is 1. The molecule has 1 amide bonds. The van der Waals surface area contributed by atoms with Crippen molar-refractivity contribution in [2.75, 3.05) is 13.7 Å². The first-order chi connectivity index (χ1) is 13.8. The Kier molecular flexibility index (Phi) is 5.30. The molecule has 1 aliphatic rings. The molecule has 6 nitrogen and oxygen atoms in total. The molecule has 6 heteroatoms. The van der Waals surface area contributed by atoms with Gasteiger partial charge in [-0.15, -0.1) is 0 Å². The summed E-state index contributed by atoms with van der Waals surface area (Å²) in [7, 11) is 1.54. The summed E-state index contributed by atoms with van der Waals surface area (Å²) in [6.07, 6.45) is 5.01. The number of ether oxygens (including phenoxy) is 2. The van der Waals surface area contributed by atoms with E-state index in [0.717, 1.165) is 34.4 Å². The van der Waals surface area contributed by atoms with E-state index in [2.05, 4.69) is 15.3 Å². The fourth-order valence-corrected chi connectivity index (χ4v) is 3.45. The number of amides is 1. The highest BCUT2D eigenvalue weighted by molar-refractivity contribution is 5.82. The first kappa shape index (κ1) is 18.1. The van der Waals surface area contributed by atoms with Gasteiger partial charge in [-0.1, -0.05) is 48.5 Å². The van der Waals surface area contributed by atoms with Crippen LogP contribution in [-0.2, 0) is 16.0 Å². The van der Waals surface area contributed by atoms with E-state index in [0.29, 0.717) is 6.54 Å². The van der Waals surface area contributed by atoms with Crippen molar-refractivity contribution in [2.45, 2.75) is 18.6 Å². The number of benzene rings is 2. The lowest BCUT2D eigenvalue weighted by atomic mass is 10.0. The third-order valence-corrected chi connectivity index (χ3v) is 4.78. The topological polar surface area (TPSA) is 73.3 Å². The molecule has 0 saturated carbocycles. The molecule has 2 atom stereocenters. The highest BCUT2D eigenvalue weighted by Crippen LogP contribution is 2.38. The molecule has 1 aromatic heterocycles. The maximum Gasteiger partial charge on any atom is 0.253 e. The predicted octanol–water partition coefficient (Wildman–Crippen LogP) is 2.95. The van der Waals surface area contributed by atoms with Crippen LogP contribution in [0.4, 0.5) is 0 Å². The number of nitrogens with zero attached hydrogens (tertiary/aromatic N) is 2. The van der Waals surface area contributed by atoms with Crippen LogP contribution < -0.4 is 10.1 Å². The fraction of sp³-hybridized carbons (Fsp3) is 0.227. The van der Waals surface area contributed by atoms with E-state index < -0.39 is 6.10 Å². The zero-order valence-corrected chi connectivity index (χ0v) is 15.5. The van der Waals surface area contributed by atoms with Gasteiger partial charge in [-0.05, 0) is 11.1 Å². The number of hydrogen-bond acceptors (Lipinski definition) is 5. The van der Waals surface area contributed by atoms with Crippen LogP contribution in [0.5, 0.6) is 5.75 Å². The molecule has 2 aromatic carbocycles. The van der Waals surface area contributed by atoms with E-state index in [4.69, 9.17) is 9.47 Å². The summed E-state index contributed by atoms with van der Waals surface area (Å²) in [5.41, 5.74) is 3.81. The minimum Gasteiger partial charge on any atom is -0.487 e. The van der Waals surface area contributed by atoms with Crippen LogP contribution in [0, 0.1) is 0 Å². The molecule has 28 heavy (non-hydrogen) atoms. The van der Waals surface area contributed by atoms with Crippen molar-refractivity contribution in [3.05, 3.63) is 78.4 Å². The van der Waals surface area contributed by atoms with Crippen LogP contribution in [-0.4, -0.2) is 35.6 Å². The molecule has 0 unspecified atom stereocenters. The molecule has 2 heterocycles. The molecule has 142 valence electrons. The summed E-state index contributed by atoms with van der Waals surface area (Å²) < 4.78 is 11.5. The molecule has 0 bridgehead atoms. The molecule has 4 rings (SSSR count). The molecular formula is C22H21N3O3.